The van der Waals surface area contributed by atoms with Crippen LogP contribution in [0.15, 0.2) is 0 Å². The van der Waals surface area contributed by atoms with E-state index >= 15 is 0 Å². The number of nitrogens with zero attached hydrogens (tertiary/aromatic N) is 1. The summed E-state index contributed by atoms with van der Waals surface area (Å²) in [6.45, 7) is 0. The maximum Gasteiger partial charge on any atom is 0.368 e. The Labute approximate surface area is 49.1 Å². The van der Waals surface area contributed by atoms with Crippen LogP contribution in [0.5, 0.6) is 0 Å². The molecule has 0 atom stereocenters. The second kappa shape index (κ2) is 2.14. The van der Waals surface area contributed by atoms with Gasteiger partial charge in [0.1, 0.15) is 0 Å². The highest BCUT2D eigenvalue weighted by molar-refractivity contribution is 8.12. The summed E-state index contributed by atoms with van der Waals surface area (Å²) in [4.78, 5) is 10.1. The highest BCUT2D eigenvalue weighted by atomic mass is 35.7. The molecule has 0 aliphatic rings. The van der Waals surface area contributed by atoms with Crippen LogP contribution in [0.4, 0.5) is 0 Å². The summed E-state index contributed by atoms with van der Waals surface area (Å²) in [6, 6.07) is 0. The summed E-state index contributed by atoms with van der Waals surface area (Å²) in [5, 5.41) is 7.98. The molecule has 8 heteroatoms. The van der Waals surface area contributed by atoms with E-state index < -0.39 is 14.3 Å². The quantitative estimate of drug-likeness (QED) is 0.327. The Hall–Kier alpha value is -0.560. The number of hydrogen-bond acceptors (Lipinski definition) is 4. The van der Waals surface area contributed by atoms with Crippen molar-refractivity contribution in [1.29, 1.82) is 0 Å². The fourth-order valence-corrected chi connectivity index (χ4v) is 0.436. The summed E-state index contributed by atoms with van der Waals surface area (Å²) in [7, 11) is 0.147. The number of rotatable bonds is 2. The zero-order valence-electron chi connectivity index (χ0n) is 3.37. The molecule has 0 amide bonds. The smallest absolute Gasteiger partial charge is 0.234 e. The molecule has 1 N–H and O–H groups in total. The molecule has 0 fully saturated rings. The molecule has 6 nitrogen and oxygen atoms in total. The van der Waals surface area contributed by atoms with Gasteiger partial charge in [-0.1, -0.05) is 0 Å². The zero-order chi connectivity index (χ0) is 6.78. The number of hydrogen-bond donors (Lipinski definition) is 1. The molecule has 0 heterocycles. The van der Waals surface area contributed by atoms with Crippen molar-refractivity contribution in [2.45, 2.75) is 0 Å². The van der Waals surface area contributed by atoms with Crippen LogP contribution in [0.3, 0.4) is 0 Å². The van der Waals surface area contributed by atoms with Gasteiger partial charge in [0.2, 0.25) is 0 Å². The molecular weight excluding hydrogens is 160 g/mol. The lowest BCUT2D eigenvalue weighted by Crippen LogP contribution is -2.24. The third-order valence-corrected chi connectivity index (χ3v) is 0.758. The maximum absolute atomic E-state index is 9.65. The van der Waals surface area contributed by atoms with Crippen LogP contribution in [-0.2, 0) is 9.24 Å². The first-order chi connectivity index (χ1) is 3.42. The normalized spacial score (nSPS) is 10.6. The van der Waals surface area contributed by atoms with Crippen LogP contribution in [0.1, 0.15) is 0 Å². The highest BCUT2D eigenvalue weighted by Crippen LogP contribution is 1.86. The molecule has 0 radical (unpaired) electrons. The van der Waals surface area contributed by atoms with Crippen molar-refractivity contribution in [2.24, 2.45) is 0 Å². The van der Waals surface area contributed by atoms with Gasteiger partial charge in [0.15, 0.2) is 5.03 Å². The van der Waals surface area contributed by atoms with Gasteiger partial charge in [-0.2, -0.15) is 8.42 Å². The van der Waals surface area contributed by atoms with E-state index in [9.17, 15) is 18.5 Å². The number of halogens is 1. The van der Waals surface area contributed by atoms with Gasteiger partial charge in [-0.05, 0) is 4.83 Å². The third-order valence-electron chi connectivity index (χ3n) is 0.184. The Morgan fingerprint density at radius 2 is 2.00 bits per heavy atom. The van der Waals surface area contributed by atoms with Crippen LogP contribution >= 0.6 is 10.7 Å². The zero-order valence-corrected chi connectivity index (χ0v) is 4.94. The molecule has 0 rings (SSSR count). The van der Waals surface area contributed by atoms with Gasteiger partial charge in [0.25, 0.3) is 0 Å². The second-order valence-corrected chi connectivity index (χ2v) is 3.06. The molecule has 0 spiro atoms. The largest absolute Gasteiger partial charge is 0.368 e. The Balaban J connectivity index is 3.95. The molecule has 0 saturated carbocycles. The Morgan fingerprint density at radius 3 is 2.00 bits per heavy atom. The summed E-state index contributed by atoms with van der Waals surface area (Å²) in [5.41, 5.74) is 0. The molecule has 0 unspecified atom stereocenters. The average molecular weight is 161 g/mol. The molecule has 8 heavy (non-hydrogen) atoms. The lowest BCUT2D eigenvalue weighted by atomic mass is 12.7. The summed E-state index contributed by atoms with van der Waals surface area (Å²) in [5.74, 6) is 0. The fraction of sp³-hybridized carbons (Fsp3) is 0. The first kappa shape index (κ1) is 7.44. The molecular formula is HClN2O4S. The maximum atomic E-state index is 9.65. The van der Waals surface area contributed by atoms with Crippen molar-refractivity contribution in [3.63, 3.8) is 0 Å². The van der Waals surface area contributed by atoms with E-state index in [1.54, 1.807) is 0 Å². The minimum absolute atomic E-state index is 0.842. The van der Waals surface area contributed by atoms with Gasteiger partial charge in [-0.25, -0.2) is 10.1 Å². The summed E-state index contributed by atoms with van der Waals surface area (Å²) in [6.07, 6.45) is 0. The van der Waals surface area contributed by atoms with Crippen LogP contribution < -0.4 is 4.83 Å². The SMILES string of the molecule is O=[N+]([O-])NS(=O)(=O)Cl. The van der Waals surface area contributed by atoms with Crippen LogP contribution in [-0.4, -0.2) is 13.5 Å². The van der Waals surface area contributed by atoms with E-state index in [4.69, 9.17) is 0 Å². The Morgan fingerprint density at radius 1 is 1.62 bits per heavy atom. The van der Waals surface area contributed by atoms with E-state index in [0.29, 0.717) is 0 Å². The van der Waals surface area contributed by atoms with Gasteiger partial charge in [-0.3, -0.25) is 0 Å². The monoisotopic (exact) mass is 160 g/mol. The van der Waals surface area contributed by atoms with Gasteiger partial charge in [-0.15, -0.1) is 0 Å². The molecule has 0 aromatic rings. The van der Waals surface area contributed by atoms with Gasteiger partial charge >= 0.3 is 9.24 Å². The first-order valence-electron chi connectivity index (χ1n) is 1.28. The topological polar surface area (TPSA) is 89.3 Å². The minimum Gasteiger partial charge on any atom is -0.234 e. The van der Waals surface area contributed by atoms with Gasteiger partial charge in [0, 0.05) is 10.7 Å². The lowest BCUT2D eigenvalue weighted by Gasteiger charge is -1.85. The lowest BCUT2D eigenvalue weighted by molar-refractivity contribution is -0.518. The van der Waals surface area contributed by atoms with Crippen LogP contribution in [0.2, 0.25) is 0 Å². The Bertz CT molecular complexity index is 180. The average Bonchev–Trinajstić information content (AvgIpc) is 1.21. The van der Waals surface area contributed by atoms with Crippen LogP contribution in [0.25, 0.3) is 0 Å². The number of nitrogens with one attached hydrogen (secondary N) is 1. The van der Waals surface area contributed by atoms with E-state index in [1.807, 2.05) is 0 Å². The van der Waals surface area contributed by atoms with Crippen molar-refractivity contribution < 1.29 is 13.5 Å². The highest BCUT2D eigenvalue weighted by Gasteiger charge is 2.08. The van der Waals surface area contributed by atoms with E-state index in [1.165, 1.54) is 0 Å². The van der Waals surface area contributed by atoms with Crippen LogP contribution in [0, 0.1) is 10.1 Å². The molecule has 48 valence electrons. The number of hydrazine groups is 1. The van der Waals surface area contributed by atoms with E-state index in [2.05, 4.69) is 10.7 Å². The van der Waals surface area contributed by atoms with Gasteiger partial charge < -0.3 is 0 Å². The molecule has 0 aromatic carbocycles. The summed E-state index contributed by atoms with van der Waals surface area (Å²) < 4.78 is 19.3. The molecule has 0 aliphatic heterocycles. The van der Waals surface area contributed by atoms with E-state index in [-0.39, 0.29) is 0 Å². The minimum atomic E-state index is -4.20. The second-order valence-electron chi connectivity index (χ2n) is 0.786. The van der Waals surface area contributed by atoms with Crippen molar-refractivity contribution >= 4 is 19.9 Å². The summed E-state index contributed by atoms with van der Waals surface area (Å²) >= 11 is 0. The van der Waals surface area contributed by atoms with Crippen molar-refractivity contribution in [3.8, 4) is 0 Å². The fourth-order valence-electron chi connectivity index (χ4n) is 0.0890. The molecule has 0 saturated heterocycles. The number of nitro groups is 1. The molecule has 0 aliphatic carbocycles. The van der Waals surface area contributed by atoms with Gasteiger partial charge in [0.05, 0.1) is 0 Å². The Kier molecular flexibility index (Phi) is 1.99. The standard InChI is InChI=1S/ClHN2O4S/c1-8(6,7)2-3(4)5/h2H. The molecule has 0 aromatic heterocycles. The van der Waals surface area contributed by atoms with E-state index in [0.717, 1.165) is 4.83 Å². The van der Waals surface area contributed by atoms with Crippen molar-refractivity contribution in [3.05, 3.63) is 10.1 Å². The van der Waals surface area contributed by atoms with Crippen molar-refractivity contribution in [1.82, 2.24) is 4.83 Å². The first-order valence-corrected chi connectivity index (χ1v) is 3.59. The molecule has 0 bridgehead atoms. The van der Waals surface area contributed by atoms with Crippen molar-refractivity contribution in [2.75, 3.05) is 0 Å². The predicted octanol–water partition coefficient (Wildman–Crippen LogP) is -0.749. The predicted molar refractivity (Wildman–Crippen MR) is 24.9 cm³/mol. The third kappa shape index (κ3) is 5.44.